The molecular formula is C12H20N4O3. The standard InChI is InChI=1S/C12H20N4O3/c1-9(2)8-19-11-7-13-6-10(14-11)15-12(18)16(3)4-5-17/h6-7,9,17H,4-5,8H2,1-3H3,(H,14,15,18). The second-order valence-corrected chi connectivity index (χ2v) is 4.52. The van der Waals surface area contributed by atoms with Gasteiger partial charge in [-0.15, -0.1) is 0 Å². The van der Waals surface area contributed by atoms with Gasteiger partial charge >= 0.3 is 6.03 Å². The number of urea groups is 1. The van der Waals surface area contributed by atoms with Gasteiger partial charge in [-0.05, 0) is 5.92 Å². The van der Waals surface area contributed by atoms with Crippen LogP contribution in [0.5, 0.6) is 5.88 Å². The molecule has 0 unspecified atom stereocenters. The number of nitrogens with one attached hydrogen (secondary N) is 1. The van der Waals surface area contributed by atoms with Crippen LogP contribution in [0.15, 0.2) is 12.4 Å². The smallest absolute Gasteiger partial charge is 0.322 e. The molecule has 0 spiro atoms. The summed E-state index contributed by atoms with van der Waals surface area (Å²) in [5.74, 6) is 1.07. The zero-order chi connectivity index (χ0) is 14.3. The molecule has 19 heavy (non-hydrogen) atoms. The van der Waals surface area contributed by atoms with Gasteiger partial charge in [0.2, 0.25) is 5.88 Å². The molecule has 1 rings (SSSR count). The molecule has 1 aromatic heterocycles. The molecule has 0 fully saturated rings. The number of amides is 2. The minimum atomic E-state index is -0.357. The third-order valence-corrected chi connectivity index (χ3v) is 2.19. The zero-order valence-corrected chi connectivity index (χ0v) is 11.5. The third kappa shape index (κ3) is 5.52. The summed E-state index contributed by atoms with van der Waals surface area (Å²) in [6.45, 7) is 4.76. The maximum absolute atomic E-state index is 11.7. The van der Waals surface area contributed by atoms with Crippen LogP contribution in [0.4, 0.5) is 10.6 Å². The van der Waals surface area contributed by atoms with E-state index >= 15 is 0 Å². The van der Waals surface area contributed by atoms with Crippen LogP contribution in [-0.4, -0.2) is 52.8 Å². The number of anilines is 1. The first-order valence-electron chi connectivity index (χ1n) is 6.10. The van der Waals surface area contributed by atoms with E-state index in [0.29, 0.717) is 24.2 Å². The third-order valence-electron chi connectivity index (χ3n) is 2.19. The molecule has 106 valence electrons. The number of likely N-dealkylation sites (N-methyl/N-ethyl adjacent to an activating group) is 1. The van der Waals surface area contributed by atoms with Crippen LogP contribution >= 0.6 is 0 Å². The molecule has 7 nitrogen and oxygen atoms in total. The fraction of sp³-hybridized carbons (Fsp3) is 0.583. The lowest BCUT2D eigenvalue weighted by Gasteiger charge is -2.16. The Labute approximate surface area is 112 Å². The van der Waals surface area contributed by atoms with Gasteiger partial charge in [0, 0.05) is 13.6 Å². The van der Waals surface area contributed by atoms with Crippen LogP contribution in [0.3, 0.4) is 0 Å². The Morgan fingerprint density at radius 2 is 2.26 bits per heavy atom. The van der Waals surface area contributed by atoms with Gasteiger partial charge in [0.15, 0.2) is 5.82 Å². The van der Waals surface area contributed by atoms with Crippen molar-refractivity contribution < 1.29 is 14.6 Å². The largest absolute Gasteiger partial charge is 0.476 e. The highest BCUT2D eigenvalue weighted by Gasteiger charge is 2.09. The summed E-state index contributed by atoms with van der Waals surface area (Å²) in [5, 5.41) is 11.3. The lowest BCUT2D eigenvalue weighted by Crippen LogP contribution is -2.33. The molecule has 1 aromatic rings. The number of carbonyl (C=O) groups is 1. The van der Waals surface area contributed by atoms with Crippen LogP contribution in [-0.2, 0) is 0 Å². The monoisotopic (exact) mass is 268 g/mol. The first-order valence-corrected chi connectivity index (χ1v) is 6.10. The number of carbonyl (C=O) groups excluding carboxylic acids is 1. The van der Waals surface area contributed by atoms with Gasteiger partial charge in [-0.3, -0.25) is 10.3 Å². The van der Waals surface area contributed by atoms with Gasteiger partial charge in [0.1, 0.15) is 0 Å². The maximum Gasteiger partial charge on any atom is 0.322 e. The van der Waals surface area contributed by atoms with Gasteiger partial charge in [-0.1, -0.05) is 13.8 Å². The predicted molar refractivity (Wildman–Crippen MR) is 71.1 cm³/mol. The summed E-state index contributed by atoms with van der Waals surface area (Å²) in [6.07, 6.45) is 2.93. The highest BCUT2D eigenvalue weighted by atomic mass is 16.5. The van der Waals surface area contributed by atoms with E-state index in [0.717, 1.165) is 0 Å². The molecule has 2 N–H and O–H groups in total. The summed E-state index contributed by atoms with van der Waals surface area (Å²) >= 11 is 0. The number of hydrogen-bond donors (Lipinski definition) is 2. The molecule has 0 saturated heterocycles. The molecule has 0 aromatic carbocycles. The normalized spacial score (nSPS) is 10.4. The number of aliphatic hydroxyl groups is 1. The van der Waals surface area contributed by atoms with E-state index in [1.54, 1.807) is 7.05 Å². The summed E-state index contributed by atoms with van der Waals surface area (Å²) in [7, 11) is 1.58. The molecule has 7 heteroatoms. The topological polar surface area (TPSA) is 87.6 Å². The zero-order valence-electron chi connectivity index (χ0n) is 11.5. The summed E-state index contributed by atoms with van der Waals surface area (Å²) in [4.78, 5) is 21.1. The van der Waals surface area contributed by atoms with E-state index < -0.39 is 0 Å². The van der Waals surface area contributed by atoms with E-state index in [2.05, 4.69) is 15.3 Å². The van der Waals surface area contributed by atoms with E-state index in [1.807, 2.05) is 13.8 Å². The van der Waals surface area contributed by atoms with Crippen molar-refractivity contribution in [3.05, 3.63) is 12.4 Å². The molecule has 1 heterocycles. The Hall–Kier alpha value is -1.89. The van der Waals surface area contributed by atoms with E-state index in [9.17, 15) is 4.79 Å². The van der Waals surface area contributed by atoms with Gasteiger partial charge in [-0.2, -0.15) is 4.98 Å². The van der Waals surface area contributed by atoms with E-state index in [1.165, 1.54) is 17.3 Å². The lowest BCUT2D eigenvalue weighted by atomic mass is 10.2. The second kappa shape index (κ2) is 7.52. The van der Waals surface area contributed by atoms with Crippen LogP contribution in [0.2, 0.25) is 0 Å². The van der Waals surface area contributed by atoms with Crippen LogP contribution in [0.25, 0.3) is 0 Å². The molecule has 0 atom stereocenters. The Balaban J connectivity index is 2.59. The Kier molecular flexibility index (Phi) is 6.01. The van der Waals surface area contributed by atoms with Crippen LogP contribution in [0, 0.1) is 5.92 Å². The molecule has 0 aliphatic heterocycles. The SMILES string of the molecule is CC(C)COc1cncc(NC(=O)N(C)CCO)n1. The number of aliphatic hydroxyl groups excluding tert-OH is 1. The molecule has 0 aliphatic carbocycles. The Bertz CT molecular complexity index is 412. The van der Waals surface area contributed by atoms with Crippen molar-refractivity contribution in [2.24, 2.45) is 5.92 Å². The highest BCUT2D eigenvalue weighted by Crippen LogP contribution is 2.10. The van der Waals surface area contributed by atoms with Crippen molar-refractivity contribution in [2.75, 3.05) is 32.1 Å². The molecule has 0 bridgehead atoms. The van der Waals surface area contributed by atoms with Gasteiger partial charge in [0.25, 0.3) is 0 Å². The number of nitrogens with zero attached hydrogens (tertiary/aromatic N) is 3. The minimum absolute atomic E-state index is 0.0901. The van der Waals surface area contributed by atoms with Crippen molar-refractivity contribution in [1.29, 1.82) is 0 Å². The highest BCUT2D eigenvalue weighted by molar-refractivity contribution is 5.87. The van der Waals surface area contributed by atoms with Crippen molar-refractivity contribution in [3.8, 4) is 5.88 Å². The second-order valence-electron chi connectivity index (χ2n) is 4.52. The van der Waals surface area contributed by atoms with Crippen molar-refractivity contribution in [1.82, 2.24) is 14.9 Å². The number of aromatic nitrogens is 2. The molecule has 0 saturated carbocycles. The number of rotatable bonds is 6. The van der Waals surface area contributed by atoms with Crippen molar-refractivity contribution in [3.63, 3.8) is 0 Å². The van der Waals surface area contributed by atoms with Gasteiger partial charge in [-0.25, -0.2) is 4.79 Å². The summed E-state index contributed by atoms with van der Waals surface area (Å²) in [6, 6.07) is -0.357. The average Bonchev–Trinajstić information content (AvgIpc) is 2.37. The van der Waals surface area contributed by atoms with Crippen LogP contribution in [0.1, 0.15) is 13.8 Å². The summed E-state index contributed by atoms with van der Waals surface area (Å²) in [5.41, 5.74) is 0. The Morgan fingerprint density at radius 3 is 2.89 bits per heavy atom. The molecule has 0 radical (unpaired) electrons. The average molecular weight is 268 g/mol. The minimum Gasteiger partial charge on any atom is -0.476 e. The molecule has 0 aliphatic rings. The van der Waals surface area contributed by atoms with Gasteiger partial charge < -0.3 is 14.7 Å². The van der Waals surface area contributed by atoms with Gasteiger partial charge in [0.05, 0.1) is 25.6 Å². The molecular weight excluding hydrogens is 248 g/mol. The number of hydrogen-bond acceptors (Lipinski definition) is 5. The molecule has 2 amide bonds. The van der Waals surface area contributed by atoms with E-state index in [-0.39, 0.29) is 19.2 Å². The van der Waals surface area contributed by atoms with Crippen molar-refractivity contribution in [2.45, 2.75) is 13.8 Å². The maximum atomic E-state index is 11.7. The lowest BCUT2D eigenvalue weighted by molar-refractivity contribution is 0.202. The number of ether oxygens (including phenoxy) is 1. The van der Waals surface area contributed by atoms with Crippen LogP contribution < -0.4 is 10.1 Å². The predicted octanol–water partition coefficient (Wildman–Crippen LogP) is 0.967. The fourth-order valence-corrected chi connectivity index (χ4v) is 1.19. The Morgan fingerprint density at radius 1 is 1.53 bits per heavy atom. The van der Waals surface area contributed by atoms with E-state index in [4.69, 9.17) is 9.84 Å². The first kappa shape index (κ1) is 15.2. The van der Waals surface area contributed by atoms with Crippen molar-refractivity contribution >= 4 is 11.8 Å². The summed E-state index contributed by atoms with van der Waals surface area (Å²) < 4.78 is 5.42. The fourth-order valence-electron chi connectivity index (χ4n) is 1.19. The first-order chi connectivity index (χ1) is 9.02. The quantitative estimate of drug-likeness (QED) is 0.802.